The molecule has 1 aromatic rings. The van der Waals surface area contributed by atoms with Crippen molar-refractivity contribution >= 4 is 11.6 Å². The molecular formula is C19H32N4O. The molecule has 2 rings (SSSR count). The maximum atomic E-state index is 6.01. The molecule has 1 saturated heterocycles. The summed E-state index contributed by atoms with van der Waals surface area (Å²) < 4.78 is 5.21. The van der Waals surface area contributed by atoms with Crippen LogP contribution < -0.4 is 15.8 Å². The van der Waals surface area contributed by atoms with E-state index in [9.17, 15) is 0 Å². The SMILES string of the molecule is COc1cccc(NC(N)=NCC2CCN(CCC(C)C)CC2)c1. The summed E-state index contributed by atoms with van der Waals surface area (Å²) in [5.74, 6) is 2.72. The van der Waals surface area contributed by atoms with Crippen LogP contribution in [-0.2, 0) is 0 Å². The van der Waals surface area contributed by atoms with Gasteiger partial charge in [0, 0.05) is 18.3 Å². The highest BCUT2D eigenvalue weighted by Gasteiger charge is 2.18. The Morgan fingerprint density at radius 3 is 2.79 bits per heavy atom. The van der Waals surface area contributed by atoms with Crippen molar-refractivity contribution in [1.82, 2.24) is 4.90 Å². The van der Waals surface area contributed by atoms with Gasteiger partial charge in [-0.15, -0.1) is 0 Å². The molecule has 5 nitrogen and oxygen atoms in total. The average Bonchev–Trinajstić information content (AvgIpc) is 2.59. The van der Waals surface area contributed by atoms with Crippen molar-refractivity contribution < 1.29 is 4.74 Å². The van der Waals surface area contributed by atoms with E-state index in [1.54, 1.807) is 7.11 Å². The minimum absolute atomic E-state index is 0.477. The van der Waals surface area contributed by atoms with Gasteiger partial charge in [-0.2, -0.15) is 0 Å². The zero-order chi connectivity index (χ0) is 17.4. The van der Waals surface area contributed by atoms with Crippen molar-refractivity contribution in [3.8, 4) is 5.75 Å². The van der Waals surface area contributed by atoms with E-state index in [0.29, 0.717) is 11.9 Å². The standard InChI is InChI=1S/C19H32N4O/c1-15(2)7-10-23-11-8-16(9-12-23)14-21-19(20)22-17-5-4-6-18(13-17)24-3/h4-6,13,15-16H,7-12,14H2,1-3H3,(H3,20,21,22). The Hall–Kier alpha value is -1.75. The third kappa shape index (κ3) is 6.40. The van der Waals surface area contributed by atoms with E-state index in [0.717, 1.165) is 23.9 Å². The second kappa shape index (κ2) is 9.52. The molecule has 24 heavy (non-hydrogen) atoms. The molecule has 0 saturated carbocycles. The van der Waals surface area contributed by atoms with Gasteiger partial charge >= 0.3 is 0 Å². The lowest BCUT2D eigenvalue weighted by Crippen LogP contribution is -2.36. The quantitative estimate of drug-likeness (QED) is 0.595. The van der Waals surface area contributed by atoms with Crippen LogP contribution in [0.3, 0.4) is 0 Å². The van der Waals surface area contributed by atoms with E-state index in [1.165, 1.54) is 38.9 Å². The third-order valence-electron chi connectivity index (χ3n) is 4.59. The predicted octanol–water partition coefficient (Wildman–Crippen LogP) is 3.18. The zero-order valence-electron chi connectivity index (χ0n) is 15.3. The molecule has 0 amide bonds. The second-order valence-corrected chi connectivity index (χ2v) is 7.05. The molecule has 5 heteroatoms. The topological polar surface area (TPSA) is 62.9 Å². The summed E-state index contributed by atoms with van der Waals surface area (Å²) in [5, 5.41) is 3.14. The number of aliphatic imine (C=N–C) groups is 1. The van der Waals surface area contributed by atoms with Crippen molar-refractivity contribution in [3.05, 3.63) is 24.3 Å². The van der Waals surface area contributed by atoms with Gasteiger partial charge in [-0.3, -0.25) is 4.99 Å². The number of piperidine rings is 1. The highest BCUT2D eigenvalue weighted by molar-refractivity contribution is 5.92. The number of hydrogen-bond acceptors (Lipinski definition) is 3. The van der Waals surface area contributed by atoms with E-state index in [2.05, 4.69) is 29.1 Å². The number of anilines is 1. The van der Waals surface area contributed by atoms with Crippen molar-refractivity contribution in [1.29, 1.82) is 0 Å². The number of nitrogens with one attached hydrogen (secondary N) is 1. The lowest BCUT2D eigenvalue weighted by atomic mass is 9.96. The fraction of sp³-hybridized carbons (Fsp3) is 0.632. The van der Waals surface area contributed by atoms with Crippen molar-refractivity contribution in [2.24, 2.45) is 22.6 Å². The minimum Gasteiger partial charge on any atom is -0.497 e. The molecule has 1 fully saturated rings. The number of rotatable bonds is 7. The molecule has 1 heterocycles. The monoisotopic (exact) mass is 332 g/mol. The fourth-order valence-corrected chi connectivity index (χ4v) is 2.95. The first kappa shape index (κ1) is 18.6. The van der Waals surface area contributed by atoms with Gasteiger partial charge in [0.2, 0.25) is 0 Å². The normalized spacial score (nSPS) is 17.2. The average molecular weight is 332 g/mol. The lowest BCUT2D eigenvalue weighted by Gasteiger charge is -2.31. The minimum atomic E-state index is 0.477. The first-order valence-electron chi connectivity index (χ1n) is 9.00. The predicted molar refractivity (Wildman–Crippen MR) is 102 cm³/mol. The third-order valence-corrected chi connectivity index (χ3v) is 4.59. The summed E-state index contributed by atoms with van der Waals surface area (Å²) in [5.41, 5.74) is 6.91. The molecule has 0 radical (unpaired) electrons. The Kier molecular flexibility index (Phi) is 7.37. The van der Waals surface area contributed by atoms with Gasteiger partial charge in [0.1, 0.15) is 5.75 Å². The first-order chi connectivity index (χ1) is 11.6. The molecule has 0 spiro atoms. The summed E-state index contributed by atoms with van der Waals surface area (Å²) in [6.07, 6.45) is 3.72. The molecule has 0 unspecified atom stereocenters. The number of hydrogen-bond donors (Lipinski definition) is 2. The lowest BCUT2D eigenvalue weighted by molar-refractivity contribution is 0.180. The molecule has 1 aliphatic rings. The van der Waals surface area contributed by atoms with Crippen LogP contribution in [0.4, 0.5) is 5.69 Å². The van der Waals surface area contributed by atoms with Crippen LogP contribution in [0.5, 0.6) is 5.75 Å². The van der Waals surface area contributed by atoms with E-state index >= 15 is 0 Å². The highest BCUT2D eigenvalue weighted by Crippen LogP contribution is 2.19. The zero-order valence-corrected chi connectivity index (χ0v) is 15.3. The van der Waals surface area contributed by atoms with Gasteiger partial charge < -0.3 is 20.7 Å². The Labute approximate surface area is 146 Å². The number of ether oxygens (including phenoxy) is 1. The molecule has 0 bridgehead atoms. The van der Waals surface area contributed by atoms with Crippen LogP contribution in [0, 0.1) is 11.8 Å². The number of methoxy groups -OCH3 is 1. The molecule has 134 valence electrons. The van der Waals surface area contributed by atoms with Gasteiger partial charge in [0.15, 0.2) is 5.96 Å². The number of likely N-dealkylation sites (tertiary alicyclic amines) is 1. The van der Waals surface area contributed by atoms with Crippen molar-refractivity contribution in [3.63, 3.8) is 0 Å². The van der Waals surface area contributed by atoms with Crippen LogP contribution in [0.1, 0.15) is 33.1 Å². The van der Waals surface area contributed by atoms with E-state index in [-0.39, 0.29) is 0 Å². The molecule has 1 aliphatic heterocycles. The van der Waals surface area contributed by atoms with Crippen LogP contribution in [-0.4, -0.2) is 44.1 Å². The molecule has 1 aromatic carbocycles. The summed E-state index contributed by atoms with van der Waals surface area (Å²) in [7, 11) is 1.66. The number of benzene rings is 1. The Bertz CT molecular complexity index is 522. The van der Waals surface area contributed by atoms with E-state index in [4.69, 9.17) is 10.5 Å². The van der Waals surface area contributed by atoms with Crippen LogP contribution in [0.25, 0.3) is 0 Å². The molecular weight excluding hydrogens is 300 g/mol. The summed E-state index contributed by atoms with van der Waals surface area (Å²) in [6.45, 7) is 9.00. The number of guanidine groups is 1. The fourth-order valence-electron chi connectivity index (χ4n) is 2.95. The Morgan fingerprint density at radius 2 is 2.12 bits per heavy atom. The molecule has 0 atom stereocenters. The second-order valence-electron chi connectivity index (χ2n) is 7.05. The van der Waals surface area contributed by atoms with Gasteiger partial charge in [-0.1, -0.05) is 19.9 Å². The van der Waals surface area contributed by atoms with Gasteiger partial charge in [-0.05, 0) is 62.9 Å². The van der Waals surface area contributed by atoms with Crippen LogP contribution in [0.15, 0.2) is 29.3 Å². The van der Waals surface area contributed by atoms with E-state index < -0.39 is 0 Å². The van der Waals surface area contributed by atoms with E-state index in [1.807, 2.05) is 24.3 Å². The maximum absolute atomic E-state index is 6.01. The first-order valence-corrected chi connectivity index (χ1v) is 9.00. The summed E-state index contributed by atoms with van der Waals surface area (Å²) in [4.78, 5) is 7.10. The van der Waals surface area contributed by atoms with Crippen molar-refractivity contribution in [2.45, 2.75) is 33.1 Å². The highest BCUT2D eigenvalue weighted by atomic mass is 16.5. The van der Waals surface area contributed by atoms with Crippen LogP contribution >= 0.6 is 0 Å². The Morgan fingerprint density at radius 1 is 1.38 bits per heavy atom. The molecule has 0 aliphatic carbocycles. The maximum Gasteiger partial charge on any atom is 0.193 e. The van der Waals surface area contributed by atoms with Gasteiger partial charge in [-0.25, -0.2) is 0 Å². The Balaban J connectivity index is 1.73. The van der Waals surface area contributed by atoms with Crippen molar-refractivity contribution in [2.75, 3.05) is 38.6 Å². The van der Waals surface area contributed by atoms with Gasteiger partial charge in [0.25, 0.3) is 0 Å². The molecule has 3 N–H and O–H groups in total. The smallest absolute Gasteiger partial charge is 0.193 e. The summed E-state index contributed by atoms with van der Waals surface area (Å²) >= 11 is 0. The number of nitrogens with zero attached hydrogens (tertiary/aromatic N) is 2. The molecule has 0 aromatic heterocycles. The summed E-state index contributed by atoms with van der Waals surface area (Å²) in [6, 6.07) is 7.71. The largest absolute Gasteiger partial charge is 0.497 e. The van der Waals surface area contributed by atoms with Crippen LogP contribution in [0.2, 0.25) is 0 Å². The number of nitrogens with two attached hydrogens (primary N) is 1. The van der Waals surface area contributed by atoms with Gasteiger partial charge in [0.05, 0.1) is 7.11 Å².